The lowest BCUT2D eigenvalue weighted by Gasteiger charge is -2.18. The first-order valence-corrected chi connectivity index (χ1v) is 11.4. The molecule has 0 radical (unpaired) electrons. The van der Waals surface area contributed by atoms with Crippen molar-refractivity contribution in [2.75, 3.05) is 18.9 Å². The average molecular weight is 464 g/mol. The molecule has 168 valence electrons. The zero-order chi connectivity index (χ0) is 24.0. The number of nitrogens with zero attached hydrogens (tertiary/aromatic N) is 2. The average Bonchev–Trinajstić information content (AvgIpc) is 2.83. The lowest BCUT2D eigenvalue weighted by atomic mass is 10.1. The van der Waals surface area contributed by atoms with Crippen molar-refractivity contribution in [2.24, 2.45) is 0 Å². The summed E-state index contributed by atoms with van der Waals surface area (Å²) in [5, 5.41) is 20.8. The topological polar surface area (TPSA) is 128 Å². The number of hydrogen-bond donors (Lipinski definition) is 2. The van der Waals surface area contributed by atoms with E-state index in [0.29, 0.717) is 6.42 Å². The van der Waals surface area contributed by atoms with Gasteiger partial charge in [-0.2, -0.15) is 5.26 Å². The van der Waals surface area contributed by atoms with Gasteiger partial charge in [0.1, 0.15) is 0 Å². The van der Waals surface area contributed by atoms with E-state index in [1.807, 2.05) is 36.4 Å². The number of aromatic carboxylic acids is 1. The van der Waals surface area contributed by atoms with E-state index >= 15 is 0 Å². The number of rotatable bonds is 8. The van der Waals surface area contributed by atoms with Gasteiger partial charge < -0.3 is 10.4 Å². The highest BCUT2D eigenvalue weighted by Gasteiger charge is 2.22. The van der Waals surface area contributed by atoms with Gasteiger partial charge in [-0.15, -0.1) is 0 Å². The molecule has 0 heterocycles. The van der Waals surface area contributed by atoms with Crippen molar-refractivity contribution in [3.63, 3.8) is 0 Å². The number of benzene rings is 3. The van der Waals surface area contributed by atoms with Crippen LogP contribution in [0.3, 0.4) is 0 Å². The minimum Gasteiger partial charge on any atom is -0.478 e. The Bertz CT molecular complexity index is 1330. The van der Waals surface area contributed by atoms with Gasteiger partial charge in [0.25, 0.3) is 5.91 Å². The number of carboxylic acid groups (broad SMARTS) is 1. The SMILES string of the molecule is CN(CCc1ccccc1)S(=O)(=O)c1cccc(C(=O)Nc2ccc(C#N)cc2C(=O)O)c1. The molecule has 0 saturated carbocycles. The molecule has 0 spiro atoms. The molecule has 2 N–H and O–H groups in total. The number of nitriles is 1. The molecule has 0 atom stereocenters. The minimum atomic E-state index is -3.85. The number of anilines is 1. The van der Waals surface area contributed by atoms with Crippen molar-refractivity contribution >= 4 is 27.6 Å². The van der Waals surface area contributed by atoms with Crippen LogP contribution >= 0.6 is 0 Å². The number of amides is 1. The molecule has 0 aliphatic rings. The summed E-state index contributed by atoms with van der Waals surface area (Å²) in [7, 11) is -2.37. The smallest absolute Gasteiger partial charge is 0.337 e. The van der Waals surface area contributed by atoms with Crippen molar-refractivity contribution < 1.29 is 23.1 Å². The van der Waals surface area contributed by atoms with Crippen molar-refractivity contribution in [3.8, 4) is 6.07 Å². The van der Waals surface area contributed by atoms with E-state index in [1.54, 1.807) is 0 Å². The lowest BCUT2D eigenvalue weighted by molar-refractivity contribution is 0.0698. The van der Waals surface area contributed by atoms with Gasteiger partial charge in [0, 0.05) is 19.2 Å². The molecule has 8 nitrogen and oxygen atoms in total. The molecule has 0 unspecified atom stereocenters. The van der Waals surface area contributed by atoms with Gasteiger partial charge in [-0.25, -0.2) is 17.5 Å². The summed E-state index contributed by atoms with van der Waals surface area (Å²) in [4.78, 5) is 24.2. The van der Waals surface area contributed by atoms with Crippen LogP contribution in [0.4, 0.5) is 5.69 Å². The molecular weight excluding hydrogens is 442 g/mol. The summed E-state index contributed by atoms with van der Waals surface area (Å²) in [5.41, 5.74) is 0.946. The second-order valence-electron chi connectivity index (χ2n) is 7.22. The molecular formula is C24H21N3O5S. The first kappa shape index (κ1) is 23.7. The van der Waals surface area contributed by atoms with E-state index in [1.165, 1.54) is 47.8 Å². The molecule has 0 aromatic heterocycles. The predicted molar refractivity (Wildman–Crippen MR) is 122 cm³/mol. The van der Waals surface area contributed by atoms with Crippen molar-refractivity contribution in [1.29, 1.82) is 5.26 Å². The number of sulfonamides is 1. The molecule has 9 heteroatoms. The summed E-state index contributed by atoms with van der Waals surface area (Å²) in [5.74, 6) is -1.98. The van der Waals surface area contributed by atoms with Gasteiger partial charge in [-0.1, -0.05) is 36.4 Å². The highest BCUT2D eigenvalue weighted by molar-refractivity contribution is 7.89. The molecule has 3 rings (SSSR count). The van der Waals surface area contributed by atoms with Crippen LogP contribution in [0.1, 0.15) is 31.8 Å². The van der Waals surface area contributed by atoms with Crippen LogP contribution in [-0.2, 0) is 16.4 Å². The predicted octanol–water partition coefficient (Wildman–Crippen LogP) is 3.37. The minimum absolute atomic E-state index is 0.000241. The summed E-state index contributed by atoms with van der Waals surface area (Å²) in [6, 6.07) is 20.7. The molecule has 0 aliphatic heterocycles. The first-order valence-electron chi connectivity index (χ1n) is 9.91. The summed E-state index contributed by atoms with van der Waals surface area (Å²) >= 11 is 0. The molecule has 0 bridgehead atoms. The molecule has 33 heavy (non-hydrogen) atoms. The fraction of sp³-hybridized carbons (Fsp3) is 0.125. The largest absolute Gasteiger partial charge is 0.478 e. The second-order valence-corrected chi connectivity index (χ2v) is 9.27. The Morgan fingerprint density at radius 1 is 1.03 bits per heavy atom. The molecule has 1 amide bonds. The van der Waals surface area contributed by atoms with Crippen molar-refractivity contribution in [3.05, 3.63) is 95.1 Å². The Morgan fingerprint density at radius 2 is 1.76 bits per heavy atom. The van der Waals surface area contributed by atoms with E-state index in [9.17, 15) is 23.1 Å². The molecule has 3 aromatic carbocycles. The molecule has 0 fully saturated rings. The van der Waals surface area contributed by atoms with Crippen LogP contribution in [0.15, 0.2) is 77.7 Å². The molecule has 3 aromatic rings. The number of nitrogens with one attached hydrogen (secondary N) is 1. The summed E-state index contributed by atoms with van der Waals surface area (Å²) in [6.45, 7) is 0.260. The molecule has 0 saturated heterocycles. The summed E-state index contributed by atoms with van der Waals surface area (Å²) in [6.07, 6.45) is 0.535. The van der Waals surface area contributed by atoms with Gasteiger partial charge in [0.05, 0.1) is 27.8 Å². The van der Waals surface area contributed by atoms with Gasteiger partial charge in [0.2, 0.25) is 10.0 Å². The number of carboxylic acids is 1. The van der Waals surface area contributed by atoms with Crippen LogP contribution in [0.5, 0.6) is 0 Å². The number of carbonyl (C=O) groups excluding carboxylic acids is 1. The maximum atomic E-state index is 13.0. The monoisotopic (exact) mass is 463 g/mol. The van der Waals surface area contributed by atoms with Gasteiger partial charge >= 0.3 is 5.97 Å². The quantitative estimate of drug-likeness (QED) is 0.527. The molecule has 0 aliphatic carbocycles. The zero-order valence-electron chi connectivity index (χ0n) is 17.7. The maximum Gasteiger partial charge on any atom is 0.337 e. The second kappa shape index (κ2) is 10.1. The van der Waals surface area contributed by atoms with E-state index in [-0.39, 0.29) is 33.8 Å². The van der Waals surface area contributed by atoms with Crippen molar-refractivity contribution in [1.82, 2.24) is 4.31 Å². The third-order valence-electron chi connectivity index (χ3n) is 4.99. The number of hydrogen-bond acceptors (Lipinski definition) is 5. The fourth-order valence-electron chi connectivity index (χ4n) is 3.12. The Morgan fingerprint density at radius 3 is 2.42 bits per heavy atom. The fourth-order valence-corrected chi connectivity index (χ4v) is 4.34. The van der Waals surface area contributed by atoms with Gasteiger partial charge in [-0.05, 0) is 48.4 Å². The zero-order valence-corrected chi connectivity index (χ0v) is 18.5. The Hall–Kier alpha value is -4.00. The number of carbonyl (C=O) groups is 2. The van der Waals surface area contributed by atoms with E-state index in [4.69, 9.17) is 5.26 Å². The lowest BCUT2D eigenvalue weighted by Crippen LogP contribution is -2.29. The normalized spacial score (nSPS) is 11.1. The Balaban J connectivity index is 1.79. The first-order chi connectivity index (χ1) is 15.7. The van der Waals surface area contributed by atoms with Crippen LogP contribution < -0.4 is 5.32 Å². The standard InChI is InChI=1S/C24H21N3O5S/c1-27(13-12-17-6-3-2-4-7-17)33(31,32)20-9-5-8-19(15-20)23(28)26-22-11-10-18(16-25)14-21(22)24(29)30/h2-11,14-15H,12-13H2,1H3,(H,26,28)(H,29,30). The van der Waals surface area contributed by atoms with Crippen molar-refractivity contribution in [2.45, 2.75) is 11.3 Å². The Kier molecular flexibility index (Phi) is 7.23. The van der Waals surface area contributed by atoms with E-state index in [2.05, 4.69) is 5.32 Å². The number of likely N-dealkylation sites (N-methyl/N-ethyl adjacent to an activating group) is 1. The highest BCUT2D eigenvalue weighted by Crippen LogP contribution is 2.21. The maximum absolute atomic E-state index is 13.0. The Labute approximate surface area is 191 Å². The van der Waals surface area contributed by atoms with Crippen LogP contribution in [0, 0.1) is 11.3 Å². The van der Waals surface area contributed by atoms with Gasteiger partial charge in [-0.3, -0.25) is 4.79 Å². The van der Waals surface area contributed by atoms with Gasteiger partial charge in [0.15, 0.2) is 0 Å². The highest BCUT2D eigenvalue weighted by atomic mass is 32.2. The van der Waals surface area contributed by atoms with Crippen LogP contribution in [-0.4, -0.2) is 43.3 Å². The van der Waals surface area contributed by atoms with E-state index < -0.39 is 21.9 Å². The van der Waals surface area contributed by atoms with Crippen LogP contribution in [0.2, 0.25) is 0 Å². The summed E-state index contributed by atoms with van der Waals surface area (Å²) < 4.78 is 27.2. The third-order valence-corrected chi connectivity index (χ3v) is 6.84. The third kappa shape index (κ3) is 5.63. The van der Waals surface area contributed by atoms with E-state index in [0.717, 1.165) is 11.6 Å². The van der Waals surface area contributed by atoms with Crippen LogP contribution in [0.25, 0.3) is 0 Å².